The molecule has 0 aliphatic heterocycles. The van der Waals surface area contributed by atoms with E-state index in [1.165, 1.54) is 0 Å². The van der Waals surface area contributed by atoms with Gasteiger partial charge in [-0.1, -0.05) is 13.0 Å². The molecule has 0 fully saturated rings. The van der Waals surface area contributed by atoms with Crippen LogP contribution in [0.1, 0.15) is 23.7 Å². The van der Waals surface area contributed by atoms with Gasteiger partial charge in [0.25, 0.3) is 5.91 Å². The highest BCUT2D eigenvalue weighted by atomic mass is 16.5. The Labute approximate surface area is 170 Å². The summed E-state index contributed by atoms with van der Waals surface area (Å²) in [5.74, 6) is 1.65. The molecule has 29 heavy (non-hydrogen) atoms. The number of hydrogen-bond donors (Lipinski definition) is 2. The van der Waals surface area contributed by atoms with Crippen LogP contribution >= 0.6 is 0 Å². The number of nitrogens with zero attached hydrogens (tertiary/aromatic N) is 2. The Morgan fingerprint density at radius 3 is 2.66 bits per heavy atom. The third-order valence-electron chi connectivity index (χ3n) is 4.33. The molecule has 0 spiro atoms. The summed E-state index contributed by atoms with van der Waals surface area (Å²) in [6.45, 7) is 2.02. The topological polar surface area (TPSA) is 75.6 Å². The quantitative estimate of drug-likeness (QED) is 0.470. The molecule has 0 aliphatic rings. The number of rotatable bonds is 6. The second-order valence-electron chi connectivity index (χ2n) is 6.29. The lowest BCUT2D eigenvalue weighted by atomic mass is 10.1. The summed E-state index contributed by atoms with van der Waals surface area (Å²) in [4.78, 5) is 20.9. The third kappa shape index (κ3) is 4.99. The lowest BCUT2D eigenvalue weighted by Crippen LogP contribution is -2.29. The molecule has 0 radical (unpaired) electrons. The van der Waals surface area contributed by atoms with Gasteiger partial charge in [-0.25, -0.2) is 0 Å². The minimum atomic E-state index is -0.217. The Morgan fingerprint density at radius 1 is 1.17 bits per heavy atom. The summed E-state index contributed by atoms with van der Waals surface area (Å²) < 4.78 is 6.05. The molecule has 0 bridgehead atoms. The standard InChI is InChI=1S/C23H24N4O2/c1-4-5-6-22(25-3)27-23(28)16-7-10-18(11-8-16)29-21-13-14-26-20-12-9-17(24-2)15-19(20)21/h5-15,24H,4H2,1-3H3,(H,25,27,28)/b6-5-. The molecule has 1 amide bonds. The predicted octanol–water partition coefficient (Wildman–Crippen LogP) is 4.79. The van der Waals surface area contributed by atoms with Gasteiger partial charge in [-0.15, -0.1) is 0 Å². The van der Waals surface area contributed by atoms with Crippen LogP contribution < -0.4 is 15.4 Å². The SMILES string of the molecule is CC/C=C\C(=NC)NC(=O)c1ccc(Oc2ccnc3ccc(NC)cc23)cc1. The summed E-state index contributed by atoms with van der Waals surface area (Å²) in [5, 5.41) is 6.82. The average Bonchev–Trinajstić information content (AvgIpc) is 2.76. The highest BCUT2D eigenvalue weighted by Gasteiger charge is 2.09. The molecule has 2 aromatic carbocycles. The van der Waals surface area contributed by atoms with Crippen LogP contribution in [-0.2, 0) is 0 Å². The van der Waals surface area contributed by atoms with Crippen molar-refractivity contribution in [1.82, 2.24) is 10.3 Å². The van der Waals surface area contributed by atoms with Crippen LogP contribution in [0.5, 0.6) is 11.5 Å². The summed E-state index contributed by atoms with van der Waals surface area (Å²) in [6.07, 6.45) is 6.33. The van der Waals surface area contributed by atoms with Gasteiger partial charge in [-0.3, -0.25) is 14.8 Å². The third-order valence-corrected chi connectivity index (χ3v) is 4.33. The molecule has 0 saturated heterocycles. The van der Waals surface area contributed by atoms with Crippen LogP contribution in [0.25, 0.3) is 10.9 Å². The van der Waals surface area contributed by atoms with Crippen molar-refractivity contribution < 1.29 is 9.53 Å². The van der Waals surface area contributed by atoms with Crippen LogP contribution in [-0.4, -0.2) is 30.8 Å². The first-order valence-electron chi connectivity index (χ1n) is 9.43. The highest BCUT2D eigenvalue weighted by molar-refractivity contribution is 6.10. The maximum Gasteiger partial charge on any atom is 0.256 e. The maximum atomic E-state index is 12.4. The zero-order chi connectivity index (χ0) is 20.6. The second kappa shape index (κ2) is 9.50. The van der Waals surface area contributed by atoms with E-state index in [1.54, 1.807) is 43.6 Å². The summed E-state index contributed by atoms with van der Waals surface area (Å²) in [6, 6.07) is 14.7. The van der Waals surface area contributed by atoms with Gasteiger partial charge >= 0.3 is 0 Å². The van der Waals surface area contributed by atoms with Crippen molar-refractivity contribution in [3.63, 3.8) is 0 Å². The van der Waals surface area contributed by atoms with Crippen molar-refractivity contribution in [3.05, 3.63) is 72.4 Å². The Hall–Kier alpha value is -3.67. The van der Waals surface area contributed by atoms with Crippen molar-refractivity contribution in [3.8, 4) is 11.5 Å². The van der Waals surface area contributed by atoms with Gasteiger partial charge in [0.15, 0.2) is 0 Å². The molecule has 2 N–H and O–H groups in total. The Balaban J connectivity index is 1.77. The molecule has 1 aromatic heterocycles. The minimum absolute atomic E-state index is 0.217. The fourth-order valence-corrected chi connectivity index (χ4v) is 2.76. The van der Waals surface area contributed by atoms with Gasteiger partial charge in [0, 0.05) is 36.9 Å². The fraction of sp³-hybridized carbons (Fsp3) is 0.174. The minimum Gasteiger partial charge on any atom is -0.457 e. The van der Waals surface area contributed by atoms with E-state index in [-0.39, 0.29) is 5.91 Å². The van der Waals surface area contributed by atoms with Crippen molar-refractivity contribution >= 4 is 28.3 Å². The first-order chi connectivity index (χ1) is 14.1. The number of aromatic nitrogens is 1. The van der Waals surface area contributed by atoms with E-state index in [1.807, 2.05) is 44.3 Å². The van der Waals surface area contributed by atoms with Gasteiger partial charge in [0.05, 0.1) is 5.52 Å². The van der Waals surface area contributed by atoms with E-state index in [0.717, 1.165) is 23.0 Å². The number of anilines is 1. The summed E-state index contributed by atoms with van der Waals surface area (Å²) in [7, 11) is 3.51. The average molecular weight is 388 g/mol. The molecule has 3 aromatic rings. The number of hydrogen-bond acceptors (Lipinski definition) is 5. The van der Waals surface area contributed by atoms with E-state index >= 15 is 0 Å². The van der Waals surface area contributed by atoms with Crippen molar-refractivity contribution in [1.29, 1.82) is 0 Å². The van der Waals surface area contributed by atoms with Crippen molar-refractivity contribution in [2.45, 2.75) is 13.3 Å². The zero-order valence-electron chi connectivity index (χ0n) is 16.8. The lowest BCUT2D eigenvalue weighted by molar-refractivity contribution is 0.0977. The number of carbonyl (C=O) groups is 1. The Bertz CT molecular complexity index is 1060. The number of nitrogens with one attached hydrogen (secondary N) is 2. The van der Waals surface area contributed by atoms with E-state index in [4.69, 9.17) is 4.74 Å². The Kier molecular flexibility index (Phi) is 6.58. The van der Waals surface area contributed by atoms with Crippen LogP contribution in [0.3, 0.4) is 0 Å². The van der Waals surface area contributed by atoms with Gasteiger partial charge < -0.3 is 15.4 Å². The van der Waals surface area contributed by atoms with Crippen molar-refractivity contribution in [2.24, 2.45) is 4.99 Å². The van der Waals surface area contributed by atoms with Gasteiger partial charge in [0.1, 0.15) is 17.3 Å². The first kappa shape index (κ1) is 20.1. The lowest BCUT2D eigenvalue weighted by Gasteiger charge is -2.10. The van der Waals surface area contributed by atoms with E-state index in [2.05, 4.69) is 20.6 Å². The van der Waals surface area contributed by atoms with E-state index < -0.39 is 0 Å². The van der Waals surface area contributed by atoms with Crippen LogP contribution in [0.15, 0.2) is 71.9 Å². The Morgan fingerprint density at radius 2 is 1.97 bits per heavy atom. The van der Waals surface area contributed by atoms with Crippen LogP contribution in [0.2, 0.25) is 0 Å². The number of pyridine rings is 1. The fourth-order valence-electron chi connectivity index (χ4n) is 2.76. The number of carbonyl (C=O) groups excluding carboxylic acids is 1. The predicted molar refractivity (Wildman–Crippen MR) is 118 cm³/mol. The molecule has 0 aliphatic carbocycles. The largest absolute Gasteiger partial charge is 0.457 e. The molecule has 6 heteroatoms. The van der Waals surface area contributed by atoms with Crippen molar-refractivity contribution in [2.75, 3.05) is 19.4 Å². The molecule has 0 unspecified atom stereocenters. The van der Waals surface area contributed by atoms with E-state index in [9.17, 15) is 4.79 Å². The summed E-state index contributed by atoms with van der Waals surface area (Å²) in [5.41, 5.74) is 2.36. The van der Waals surface area contributed by atoms with Gasteiger partial charge in [-0.05, 0) is 61.0 Å². The second-order valence-corrected chi connectivity index (χ2v) is 6.29. The molecule has 0 saturated carbocycles. The van der Waals surface area contributed by atoms with Crippen LogP contribution in [0.4, 0.5) is 5.69 Å². The molecular weight excluding hydrogens is 364 g/mol. The molecule has 148 valence electrons. The van der Waals surface area contributed by atoms with Gasteiger partial charge in [-0.2, -0.15) is 0 Å². The number of ether oxygens (including phenoxy) is 1. The van der Waals surface area contributed by atoms with Gasteiger partial charge in [0.2, 0.25) is 0 Å². The number of amides is 1. The first-order valence-corrected chi connectivity index (χ1v) is 9.43. The zero-order valence-corrected chi connectivity index (χ0v) is 16.8. The monoisotopic (exact) mass is 388 g/mol. The number of amidine groups is 1. The number of allylic oxidation sites excluding steroid dienone is 1. The van der Waals surface area contributed by atoms with E-state index in [0.29, 0.717) is 22.9 Å². The van der Waals surface area contributed by atoms with Crippen LogP contribution in [0, 0.1) is 0 Å². The highest BCUT2D eigenvalue weighted by Crippen LogP contribution is 2.30. The summed E-state index contributed by atoms with van der Waals surface area (Å²) >= 11 is 0. The molecule has 0 atom stereocenters. The molecular formula is C23H24N4O2. The number of fused-ring (bicyclic) bond motifs is 1. The number of aliphatic imine (C=N–C) groups is 1. The number of benzene rings is 2. The maximum absolute atomic E-state index is 12.4. The molecule has 1 heterocycles. The molecule has 3 rings (SSSR count). The normalized spacial score (nSPS) is 11.6. The molecule has 6 nitrogen and oxygen atoms in total. The smallest absolute Gasteiger partial charge is 0.256 e.